The predicted octanol–water partition coefficient (Wildman–Crippen LogP) is -1.40. The van der Waals surface area contributed by atoms with Gasteiger partial charge in [0.05, 0.1) is 0 Å². The Morgan fingerprint density at radius 1 is 1.67 bits per heavy atom. The van der Waals surface area contributed by atoms with E-state index in [1.807, 2.05) is 13.8 Å². The van der Waals surface area contributed by atoms with Gasteiger partial charge in [0.25, 0.3) is 0 Å². The molecule has 0 amide bonds. The molecule has 0 N–H and O–H groups in total. The molecule has 3 heteroatoms. The maximum atomic E-state index is 4.79. The average molecular weight is 196 g/mol. The van der Waals surface area contributed by atoms with Gasteiger partial charge in [0.2, 0.25) is 0 Å². The van der Waals surface area contributed by atoms with Gasteiger partial charge in [-0.2, -0.15) is 0 Å². The third-order valence-corrected chi connectivity index (χ3v) is 0.935. The van der Waals surface area contributed by atoms with Gasteiger partial charge >= 0.3 is 58.2 Å². The molecule has 0 unspecified atom stereocenters. The second-order valence-electron chi connectivity index (χ2n) is 1.99. The van der Waals surface area contributed by atoms with Crippen LogP contribution >= 0.6 is 0 Å². The normalized spacial score (nSPS) is 9.22. The topological polar surface area (TPSA) is 26.0 Å². The van der Waals surface area contributed by atoms with Crippen molar-refractivity contribution in [3.05, 3.63) is 18.0 Å². The van der Waals surface area contributed by atoms with Gasteiger partial charge in [0.15, 0.2) is 0 Å². The minimum atomic E-state index is 0. The van der Waals surface area contributed by atoms with E-state index in [0.717, 1.165) is 5.76 Å². The maximum absolute atomic E-state index is 4.79. The predicted molar refractivity (Wildman–Crippen MR) is 29.4 cm³/mol. The van der Waals surface area contributed by atoms with E-state index in [2.05, 4.69) is 11.2 Å². The van der Waals surface area contributed by atoms with Crippen molar-refractivity contribution in [3.63, 3.8) is 0 Å². The number of aromatic nitrogens is 1. The van der Waals surface area contributed by atoms with Gasteiger partial charge < -0.3 is 10.6 Å². The smallest absolute Gasteiger partial charge is 0.406 e. The fourth-order valence-corrected chi connectivity index (χ4v) is 0.472. The van der Waals surface area contributed by atoms with E-state index in [0.29, 0.717) is 5.92 Å². The second-order valence-corrected chi connectivity index (χ2v) is 1.99. The molecular weight excluding hydrogens is 188 g/mol. The van der Waals surface area contributed by atoms with Crippen LogP contribution in [0.5, 0.6) is 0 Å². The van der Waals surface area contributed by atoms with Crippen LogP contribution in [0, 0.1) is 6.07 Å². The first-order valence-electron chi connectivity index (χ1n) is 2.63. The fourth-order valence-electron chi connectivity index (χ4n) is 0.472. The van der Waals surface area contributed by atoms with Gasteiger partial charge in [-0.25, -0.2) is 0 Å². The summed E-state index contributed by atoms with van der Waals surface area (Å²) < 4.78 is 4.79. The number of hydrogen-bond donors (Lipinski definition) is 0. The van der Waals surface area contributed by atoms with Crippen molar-refractivity contribution in [2.45, 2.75) is 19.8 Å². The Morgan fingerprint density at radius 3 is 2.56 bits per heavy atom. The Morgan fingerprint density at radius 2 is 2.33 bits per heavy atom. The summed E-state index contributed by atoms with van der Waals surface area (Å²) in [7, 11) is 0. The number of nitrogens with zero attached hydrogens (tertiary/aromatic N) is 1. The van der Waals surface area contributed by atoms with Gasteiger partial charge in [0.1, 0.15) is 0 Å². The van der Waals surface area contributed by atoms with Crippen molar-refractivity contribution in [2.24, 2.45) is 0 Å². The van der Waals surface area contributed by atoms with Crippen molar-refractivity contribution in [1.82, 2.24) is 5.16 Å². The van der Waals surface area contributed by atoms with E-state index in [1.165, 1.54) is 6.20 Å². The Bertz CT molecular complexity index is 148. The first-order chi connectivity index (χ1) is 3.80. The van der Waals surface area contributed by atoms with Crippen LogP contribution in [0.15, 0.2) is 10.7 Å². The molecule has 0 aliphatic rings. The summed E-state index contributed by atoms with van der Waals surface area (Å²) in [6, 6.07) is 2.86. The molecule has 0 aliphatic carbocycles. The molecule has 0 saturated heterocycles. The quantitative estimate of drug-likeness (QED) is 0.516. The Kier molecular flexibility index (Phi) is 5.31. The molecule has 0 atom stereocenters. The molecule has 1 aromatic heterocycles. The molecule has 0 aliphatic heterocycles. The largest absolute Gasteiger partial charge is 1.00 e. The zero-order chi connectivity index (χ0) is 5.98. The van der Waals surface area contributed by atoms with Crippen molar-refractivity contribution in [2.75, 3.05) is 0 Å². The van der Waals surface area contributed by atoms with E-state index >= 15 is 0 Å². The van der Waals surface area contributed by atoms with E-state index < -0.39 is 0 Å². The third kappa shape index (κ3) is 3.07. The summed E-state index contributed by atoms with van der Waals surface area (Å²) in [5.74, 6) is 1.22. The maximum Gasteiger partial charge on any atom is 1.00 e. The molecule has 0 spiro atoms. The monoisotopic (exact) mass is 195 g/mol. The van der Waals surface area contributed by atoms with Crippen LogP contribution in [-0.2, 0) is 0 Å². The van der Waals surface area contributed by atoms with E-state index in [1.54, 1.807) is 0 Å². The van der Waals surface area contributed by atoms with Gasteiger partial charge in [0, 0.05) is 0 Å². The first-order valence-corrected chi connectivity index (χ1v) is 2.63. The number of hydrogen-bond acceptors (Lipinski definition) is 2. The molecule has 0 radical (unpaired) electrons. The fraction of sp³-hybridized carbons (Fsp3) is 0.500. The molecule has 0 fully saturated rings. The summed E-state index contributed by atoms with van der Waals surface area (Å²) in [5, 5.41) is 3.51. The van der Waals surface area contributed by atoms with Gasteiger partial charge in [-0.1, -0.05) is 13.8 Å². The zero-order valence-electron chi connectivity index (χ0n) is 6.01. The van der Waals surface area contributed by atoms with Crippen LogP contribution in [0.25, 0.3) is 0 Å². The molecule has 0 saturated carbocycles. The van der Waals surface area contributed by atoms with Crippen LogP contribution in [0.3, 0.4) is 0 Å². The summed E-state index contributed by atoms with van der Waals surface area (Å²) in [6.45, 7) is 4.08. The van der Waals surface area contributed by atoms with Crippen molar-refractivity contribution >= 4 is 0 Å². The molecule has 2 nitrogen and oxygen atoms in total. The van der Waals surface area contributed by atoms with Crippen LogP contribution in [0.4, 0.5) is 0 Å². The van der Waals surface area contributed by atoms with Crippen molar-refractivity contribution in [3.8, 4) is 0 Å². The second kappa shape index (κ2) is 4.77. The van der Waals surface area contributed by atoms with E-state index in [4.69, 9.17) is 4.52 Å². The van der Waals surface area contributed by atoms with E-state index in [-0.39, 0.29) is 58.2 Å². The summed E-state index contributed by atoms with van der Waals surface area (Å²) >= 11 is 0. The first kappa shape index (κ1) is 10.0. The summed E-state index contributed by atoms with van der Waals surface area (Å²) in [6.07, 6.45) is 1.54. The van der Waals surface area contributed by atoms with Gasteiger partial charge in [-0.3, -0.25) is 0 Å². The van der Waals surface area contributed by atoms with Crippen LogP contribution in [-0.4, -0.2) is 5.16 Å². The molecular formula is C6H8NORb. The minimum absolute atomic E-state index is 0. The van der Waals surface area contributed by atoms with Crippen molar-refractivity contribution < 1.29 is 62.7 Å². The Hall–Kier alpha value is 1.02. The Labute approximate surface area is 104 Å². The van der Waals surface area contributed by atoms with Crippen LogP contribution in [0.1, 0.15) is 25.5 Å². The minimum Gasteiger partial charge on any atom is -0.406 e. The van der Waals surface area contributed by atoms with Crippen molar-refractivity contribution in [1.29, 1.82) is 0 Å². The molecule has 9 heavy (non-hydrogen) atoms. The summed E-state index contributed by atoms with van der Waals surface area (Å²) in [5.41, 5.74) is 0. The van der Waals surface area contributed by atoms with Crippen LogP contribution in [0.2, 0.25) is 0 Å². The molecule has 44 valence electrons. The molecule has 1 heterocycles. The summed E-state index contributed by atoms with van der Waals surface area (Å²) in [4.78, 5) is 0. The molecule has 0 bridgehead atoms. The van der Waals surface area contributed by atoms with E-state index in [9.17, 15) is 0 Å². The molecule has 1 rings (SSSR count). The van der Waals surface area contributed by atoms with Gasteiger partial charge in [-0.05, 0) is 11.7 Å². The Balaban J connectivity index is 0.000000640. The SMILES string of the molecule is CC(C)c1[c-]cno1.[Rb+]. The average Bonchev–Trinajstić information content (AvgIpc) is 2.12. The third-order valence-electron chi connectivity index (χ3n) is 0.935. The van der Waals surface area contributed by atoms with Gasteiger partial charge in [-0.15, -0.1) is 11.4 Å². The molecule has 0 aromatic carbocycles. The molecule has 1 aromatic rings. The van der Waals surface area contributed by atoms with Crippen LogP contribution < -0.4 is 58.2 Å². The number of rotatable bonds is 1. The zero-order valence-corrected chi connectivity index (χ0v) is 10.9. The standard InChI is InChI=1S/C6H8NO.Rb/c1-5(2)6-3-4-7-8-6;/h4-5H,1-2H3;/q-1;+1.